The van der Waals surface area contributed by atoms with E-state index in [9.17, 15) is 4.79 Å². The second kappa shape index (κ2) is 6.32. The molecular weight excluding hydrogens is 332 g/mol. The molecule has 4 heteroatoms. The number of hydrogen-bond acceptors (Lipinski definition) is 2. The standard InChI is InChI=1S/C21H21ClN2O/c1-14-5-10-20-17(12-14)18-13-23(2)11-3-4-19(18)24(20)21(25)15-6-8-16(22)9-7-15/h5-10,12H,3-4,11,13H2,1-2H3. The molecule has 0 saturated carbocycles. The van der Waals surface area contributed by atoms with Crippen LogP contribution in [-0.4, -0.2) is 29.0 Å². The minimum absolute atomic E-state index is 0.0244. The van der Waals surface area contributed by atoms with Crippen LogP contribution in [0.3, 0.4) is 0 Å². The van der Waals surface area contributed by atoms with Crippen molar-refractivity contribution >= 4 is 28.4 Å². The molecule has 0 spiro atoms. The number of nitrogens with zero attached hydrogens (tertiary/aromatic N) is 2. The number of hydrogen-bond donors (Lipinski definition) is 0. The topological polar surface area (TPSA) is 25.2 Å². The van der Waals surface area contributed by atoms with Gasteiger partial charge in [0.05, 0.1) is 5.52 Å². The molecule has 25 heavy (non-hydrogen) atoms. The first kappa shape index (κ1) is 16.4. The van der Waals surface area contributed by atoms with Crippen LogP contribution in [-0.2, 0) is 13.0 Å². The molecule has 1 aromatic heterocycles. The summed E-state index contributed by atoms with van der Waals surface area (Å²) < 4.78 is 1.92. The monoisotopic (exact) mass is 352 g/mol. The summed E-state index contributed by atoms with van der Waals surface area (Å²) in [6, 6.07) is 13.5. The van der Waals surface area contributed by atoms with Gasteiger partial charge in [-0.1, -0.05) is 23.2 Å². The van der Waals surface area contributed by atoms with Crippen molar-refractivity contribution in [3.05, 3.63) is 69.9 Å². The molecular formula is C21H21ClN2O. The predicted octanol–water partition coefficient (Wildman–Crippen LogP) is 4.67. The highest BCUT2D eigenvalue weighted by molar-refractivity contribution is 6.30. The van der Waals surface area contributed by atoms with E-state index in [2.05, 4.69) is 37.1 Å². The van der Waals surface area contributed by atoms with Crippen molar-refractivity contribution in [2.24, 2.45) is 0 Å². The Bertz CT molecular complexity index is 956. The van der Waals surface area contributed by atoms with Gasteiger partial charge < -0.3 is 4.90 Å². The average molecular weight is 353 g/mol. The van der Waals surface area contributed by atoms with Crippen LogP contribution in [0.15, 0.2) is 42.5 Å². The van der Waals surface area contributed by atoms with E-state index in [1.54, 1.807) is 24.3 Å². The Hall–Kier alpha value is -2.10. The summed E-state index contributed by atoms with van der Waals surface area (Å²) >= 11 is 5.98. The number of carbonyl (C=O) groups excluding carboxylic acids is 1. The maximum absolute atomic E-state index is 13.3. The zero-order valence-electron chi connectivity index (χ0n) is 14.6. The van der Waals surface area contributed by atoms with Gasteiger partial charge in [0.2, 0.25) is 0 Å². The van der Waals surface area contributed by atoms with Gasteiger partial charge in [0.15, 0.2) is 0 Å². The van der Waals surface area contributed by atoms with E-state index >= 15 is 0 Å². The molecule has 3 nitrogen and oxygen atoms in total. The van der Waals surface area contributed by atoms with Crippen molar-refractivity contribution < 1.29 is 4.79 Å². The van der Waals surface area contributed by atoms with E-state index in [1.807, 2.05) is 4.57 Å². The van der Waals surface area contributed by atoms with Crippen molar-refractivity contribution in [2.45, 2.75) is 26.3 Å². The van der Waals surface area contributed by atoms with E-state index in [4.69, 9.17) is 11.6 Å². The normalized spacial score (nSPS) is 15.2. The fraction of sp³-hybridized carbons (Fsp3) is 0.286. The van der Waals surface area contributed by atoms with Crippen molar-refractivity contribution in [1.29, 1.82) is 0 Å². The molecule has 0 bridgehead atoms. The molecule has 2 aromatic carbocycles. The maximum Gasteiger partial charge on any atom is 0.262 e. The highest BCUT2D eigenvalue weighted by atomic mass is 35.5. The number of carbonyl (C=O) groups is 1. The molecule has 128 valence electrons. The van der Waals surface area contributed by atoms with Crippen LogP contribution in [0, 0.1) is 6.92 Å². The minimum Gasteiger partial charge on any atom is -0.302 e. The zero-order valence-corrected chi connectivity index (χ0v) is 15.3. The zero-order chi connectivity index (χ0) is 17.6. The van der Waals surface area contributed by atoms with E-state index in [0.717, 1.165) is 37.1 Å². The molecule has 1 aliphatic heterocycles. The fourth-order valence-corrected chi connectivity index (χ4v) is 3.91. The first-order chi connectivity index (χ1) is 12.0. The number of halogens is 1. The summed E-state index contributed by atoms with van der Waals surface area (Å²) in [5.74, 6) is 0.0244. The van der Waals surface area contributed by atoms with Crippen LogP contribution >= 0.6 is 11.6 Å². The number of rotatable bonds is 1. The lowest BCUT2D eigenvalue weighted by atomic mass is 10.1. The van der Waals surface area contributed by atoms with Crippen LogP contribution in [0.2, 0.25) is 5.02 Å². The number of fused-ring (bicyclic) bond motifs is 3. The molecule has 0 N–H and O–H groups in total. The molecule has 2 heterocycles. The molecule has 0 unspecified atom stereocenters. The Morgan fingerprint density at radius 3 is 2.64 bits per heavy atom. The lowest BCUT2D eigenvalue weighted by Crippen LogP contribution is -2.17. The Labute approximate surface area is 152 Å². The van der Waals surface area contributed by atoms with Crippen molar-refractivity contribution in [2.75, 3.05) is 13.6 Å². The van der Waals surface area contributed by atoms with Gasteiger partial charge in [-0.2, -0.15) is 0 Å². The Morgan fingerprint density at radius 2 is 1.88 bits per heavy atom. The van der Waals surface area contributed by atoms with Crippen LogP contribution in [0.1, 0.15) is 33.6 Å². The number of aryl methyl sites for hydroxylation is 1. The molecule has 1 aliphatic rings. The first-order valence-electron chi connectivity index (χ1n) is 8.66. The van der Waals surface area contributed by atoms with Gasteiger partial charge in [0.25, 0.3) is 5.91 Å². The molecule has 0 saturated heterocycles. The lowest BCUT2D eigenvalue weighted by Gasteiger charge is -2.12. The Kier molecular flexibility index (Phi) is 4.14. The van der Waals surface area contributed by atoms with Gasteiger partial charge in [-0.3, -0.25) is 9.36 Å². The number of benzene rings is 2. The van der Waals surface area contributed by atoms with Gasteiger partial charge in [-0.05, 0) is 75.3 Å². The van der Waals surface area contributed by atoms with E-state index < -0.39 is 0 Å². The van der Waals surface area contributed by atoms with Gasteiger partial charge in [0, 0.05) is 28.2 Å². The van der Waals surface area contributed by atoms with Gasteiger partial charge >= 0.3 is 0 Å². The highest BCUT2D eigenvalue weighted by Crippen LogP contribution is 2.32. The Morgan fingerprint density at radius 1 is 1.12 bits per heavy atom. The summed E-state index contributed by atoms with van der Waals surface area (Å²) in [5.41, 5.74) is 5.34. The fourth-order valence-electron chi connectivity index (χ4n) is 3.78. The average Bonchev–Trinajstić information content (AvgIpc) is 2.74. The predicted molar refractivity (Wildman–Crippen MR) is 103 cm³/mol. The maximum atomic E-state index is 13.3. The third-order valence-electron chi connectivity index (χ3n) is 5.01. The molecule has 0 fully saturated rings. The highest BCUT2D eigenvalue weighted by Gasteiger charge is 2.24. The van der Waals surface area contributed by atoms with E-state index in [0.29, 0.717) is 10.6 Å². The summed E-state index contributed by atoms with van der Waals surface area (Å²) in [5, 5.41) is 1.84. The molecule has 0 radical (unpaired) electrons. The second-order valence-corrected chi connectivity index (χ2v) is 7.37. The van der Waals surface area contributed by atoms with E-state index in [-0.39, 0.29) is 5.91 Å². The third-order valence-corrected chi connectivity index (χ3v) is 5.26. The minimum atomic E-state index is 0.0244. The smallest absolute Gasteiger partial charge is 0.262 e. The quantitative estimate of drug-likeness (QED) is 0.636. The van der Waals surface area contributed by atoms with Crippen LogP contribution in [0.25, 0.3) is 10.9 Å². The first-order valence-corrected chi connectivity index (χ1v) is 9.04. The van der Waals surface area contributed by atoms with Gasteiger partial charge in [0.1, 0.15) is 0 Å². The van der Waals surface area contributed by atoms with Gasteiger partial charge in [-0.15, -0.1) is 0 Å². The van der Waals surface area contributed by atoms with Crippen LogP contribution in [0.4, 0.5) is 0 Å². The largest absolute Gasteiger partial charge is 0.302 e. The lowest BCUT2D eigenvalue weighted by molar-refractivity contribution is 0.0962. The summed E-state index contributed by atoms with van der Waals surface area (Å²) in [6.07, 6.45) is 1.99. The summed E-state index contributed by atoms with van der Waals surface area (Å²) in [6.45, 7) is 4.04. The molecule has 4 rings (SSSR count). The molecule has 0 atom stereocenters. The summed E-state index contributed by atoms with van der Waals surface area (Å²) in [4.78, 5) is 15.6. The second-order valence-electron chi connectivity index (χ2n) is 6.93. The molecule has 3 aromatic rings. The van der Waals surface area contributed by atoms with Crippen LogP contribution < -0.4 is 0 Å². The van der Waals surface area contributed by atoms with Crippen molar-refractivity contribution in [3.63, 3.8) is 0 Å². The molecule has 0 amide bonds. The number of aromatic nitrogens is 1. The summed E-state index contributed by atoms with van der Waals surface area (Å²) in [7, 11) is 2.15. The molecule has 0 aliphatic carbocycles. The van der Waals surface area contributed by atoms with Crippen molar-refractivity contribution in [3.8, 4) is 0 Å². The van der Waals surface area contributed by atoms with Crippen LogP contribution in [0.5, 0.6) is 0 Å². The third kappa shape index (κ3) is 2.88. The Balaban J connectivity index is 1.95. The SMILES string of the molecule is Cc1ccc2c(c1)c1c(n2C(=O)c2ccc(Cl)cc2)CCCN(C)C1. The van der Waals surface area contributed by atoms with Crippen molar-refractivity contribution in [1.82, 2.24) is 9.47 Å². The van der Waals surface area contributed by atoms with Gasteiger partial charge in [-0.25, -0.2) is 0 Å². The van der Waals surface area contributed by atoms with E-state index in [1.165, 1.54) is 16.5 Å².